The summed E-state index contributed by atoms with van der Waals surface area (Å²) >= 11 is 1.68. The van der Waals surface area contributed by atoms with E-state index in [1.165, 1.54) is 12.8 Å². The van der Waals surface area contributed by atoms with Crippen molar-refractivity contribution in [3.8, 4) is 0 Å². The Balaban J connectivity index is 1.45. The Morgan fingerprint density at radius 2 is 1.97 bits per heavy atom. The molecule has 0 amide bonds. The minimum Gasteiger partial charge on any atom is -0.461 e. The van der Waals surface area contributed by atoms with Gasteiger partial charge >= 0.3 is 5.97 Å². The number of piperidine rings is 1. The van der Waals surface area contributed by atoms with Gasteiger partial charge in [-0.2, -0.15) is 0 Å². The molecule has 3 saturated carbocycles. The summed E-state index contributed by atoms with van der Waals surface area (Å²) in [5.74, 6) is -0.333. The van der Waals surface area contributed by atoms with Gasteiger partial charge in [0.25, 0.3) is 0 Å². The van der Waals surface area contributed by atoms with Gasteiger partial charge in [0, 0.05) is 40.5 Å². The molecule has 4 unspecified atom stereocenters. The maximum Gasteiger partial charge on any atom is 0.316 e. The standard InChI is InChI=1S/C30H47NO4S/c1-7-28(4)16-24(35-25(33)17-36-22-14-20-8-9-21(15-22)31(20)6)29(5)18(2)10-12-30(19(3)27(28)34)13-11-23(32)26(29)30/h7,18-22,24,26-27,34H,1,8-17H2,2-6H3/t18?,19-,20+,21+,24+,26?,27-,28+,29?,30?/m0/s1/i1D2,7D. The van der Waals surface area contributed by atoms with Gasteiger partial charge in [0.05, 0.1) is 16.0 Å². The fraction of sp³-hybridized carbons (Fsp3) is 0.867. The van der Waals surface area contributed by atoms with E-state index in [0.29, 0.717) is 30.2 Å². The average molecular weight is 521 g/mol. The van der Waals surface area contributed by atoms with Gasteiger partial charge in [-0.15, -0.1) is 18.3 Å². The highest BCUT2D eigenvalue weighted by atomic mass is 32.2. The van der Waals surface area contributed by atoms with Gasteiger partial charge in [-0.3, -0.25) is 9.59 Å². The fourth-order valence-electron chi connectivity index (χ4n) is 9.26. The first-order valence-electron chi connectivity index (χ1n) is 15.6. The number of fused-ring (bicyclic) bond motifs is 2. The summed E-state index contributed by atoms with van der Waals surface area (Å²) in [6.07, 6.45) is 5.92. The fourth-order valence-corrected chi connectivity index (χ4v) is 10.4. The SMILES string of the molecule is [2H]C([2H])=C([2H])[C@]1(C)C[C@@H](OC(=O)CSC2C[C@H]3CC[C@H](C2)N3C)C2(C)C(C)CCC3(CCC(=O)C32)[C@@H](C)[C@@H]1O. The lowest BCUT2D eigenvalue weighted by molar-refractivity contribution is -0.205. The summed E-state index contributed by atoms with van der Waals surface area (Å²) in [5, 5.41) is 12.3. The molecule has 5 fully saturated rings. The molecule has 5 rings (SSSR count). The number of carbonyl (C=O) groups excluding carboxylic acids is 2. The molecule has 5 nitrogen and oxygen atoms in total. The van der Waals surface area contributed by atoms with E-state index in [1.54, 1.807) is 18.7 Å². The predicted molar refractivity (Wildman–Crippen MR) is 145 cm³/mol. The Morgan fingerprint density at radius 3 is 2.64 bits per heavy atom. The lowest BCUT2D eigenvalue weighted by Crippen LogP contribution is -2.63. The van der Waals surface area contributed by atoms with E-state index < -0.39 is 35.0 Å². The summed E-state index contributed by atoms with van der Waals surface area (Å²) in [6.45, 7) is 7.36. The molecule has 10 atom stereocenters. The van der Waals surface area contributed by atoms with Crippen LogP contribution in [0.25, 0.3) is 0 Å². The monoisotopic (exact) mass is 520 g/mol. The zero-order chi connectivity index (χ0) is 28.5. The lowest BCUT2D eigenvalue weighted by atomic mass is 9.44. The van der Waals surface area contributed by atoms with Crippen LogP contribution in [0.5, 0.6) is 0 Å². The van der Waals surface area contributed by atoms with E-state index in [0.717, 1.165) is 25.7 Å². The maximum absolute atomic E-state index is 13.6. The number of thioether (sulfide) groups is 1. The summed E-state index contributed by atoms with van der Waals surface area (Å²) in [5.41, 5.74) is -2.30. The van der Waals surface area contributed by atoms with Crippen molar-refractivity contribution >= 4 is 23.5 Å². The molecule has 5 aliphatic rings. The van der Waals surface area contributed by atoms with Crippen LogP contribution in [0.4, 0.5) is 0 Å². The number of hydrogen-bond donors (Lipinski definition) is 1. The van der Waals surface area contributed by atoms with Crippen LogP contribution in [-0.2, 0) is 14.3 Å². The predicted octanol–water partition coefficient (Wildman–Crippen LogP) is 5.25. The van der Waals surface area contributed by atoms with E-state index in [9.17, 15) is 14.7 Å². The van der Waals surface area contributed by atoms with Crippen molar-refractivity contribution in [2.75, 3.05) is 12.8 Å². The Kier molecular flexibility index (Phi) is 6.03. The molecular formula is C30H47NO4S. The van der Waals surface area contributed by atoms with Gasteiger partial charge < -0.3 is 14.7 Å². The minimum atomic E-state index is -1.23. The van der Waals surface area contributed by atoms with Crippen LogP contribution in [-0.4, -0.2) is 64.1 Å². The molecule has 0 aromatic carbocycles. The Morgan fingerprint density at radius 1 is 1.28 bits per heavy atom. The summed E-state index contributed by atoms with van der Waals surface area (Å²) in [4.78, 5) is 29.6. The molecule has 3 aliphatic carbocycles. The van der Waals surface area contributed by atoms with E-state index in [1.807, 2.05) is 6.92 Å². The number of nitrogens with zero attached hydrogens (tertiary/aromatic N) is 1. The highest BCUT2D eigenvalue weighted by Crippen LogP contribution is 2.68. The second-order valence-corrected chi connectivity index (χ2v) is 14.6. The van der Waals surface area contributed by atoms with Crippen LogP contribution in [0, 0.1) is 34.0 Å². The first-order chi connectivity index (χ1) is 18.3. The molecular weight excluding hydrogens is 470 g/mol. The van der Waals surface area contributed by atoms with Crippen molar-refractivity contribution < 1.29 is 23.5 Å². The topological polar surface area (TPSA) is 66.8 Å². The summed E-state index contributed by atoms with van der Waals surface area (Å²) < 4.78 is 31.0. The number of carbonyl (C=O) groups is 2. The highest BCUT2D eigenvalue weighted by molar-refractivity contribution is 8.00. The third-order valence-electron chi connectivity index (χ3n) is 11.8. The number of rotatable bonds is 5. The van der Waals surface area contributed by atoms with E-state index in [2.05, 4.69) is 25.8 Å². The number of ether oxygens (including phenoxy) is 1. The van der Waals surface area contributed by atoms with Crippen LogP contribution >= 0.6 is 11.8 Å². The number of hydrogen-bond acceptors (Lipinski definition) is 6. The van der Waals surface area contributed by atoms with Gasteiger partial charge in [-0.05, 0) is 75.7 Å². The number of aliphatic hydroxyl groups excluding tert-OH is 1. The average Bonchev–Trinajstić information content (AvgIpc) is 3.32. The van der Waals surface area contributed by atoms with E-state index >= 15 is 0 Å². The molecule has 2 saturated heterocycles. The number of aliphatic hydroxyl groups is 1. The third kappa shape index (κ3) is 3.95. The van der Waals surface area contributed by atoms with E-state index in [-0.39, 0.29) is 47.7 Å². The minimum absolute atomic E-state index is 0.115. The molecule has 0 aromatic rings. The summed E-state index contributed by atoms with van der Waals surface area (Å²) in [7, 11) is 2.21. The maximum atomic E-state index is 13.6. The molecule has 0 aromatic heterocycles. The van der Waals surface area contributed by atoms with Gasteiger partial charge in [0.2, 0.25) is 0 Å². The van der Waals surface area contributed by atoms with Crippen molar-refractivity contribution in [3.63, 3.8) is 0 Å². The van der Waals surface area contributed by atoms with Gasteiger partial charge in [-0.25, -0.2) is 0 Å². The normalized spacial score (nSPS) is 51.8. The third-order valence-corrected chi connectivity index (χ3v) is 13.1. The van der Waals surface area contributed by atoms with Crippen molar-refractivity contribution in [2.45, 2.75) is 115 Å². The lowest BCUT2D eigenvalue weighted by Gasteiger charge is -2.61. The number of esters is 1. The van der Waals surface area contributed by atoms with Crippen LogP contribution < -0.4 is 0 Å². The second-order valence-electron chi connectivity index (χ2n) is 13.4. The molecule has 4 bridgehead atoms. The number of Topliss-reactive ketones (excluding diaryl/α,β-unsaturated/α-hetero) is 1. The van der Waals surface area contributed by atoms with Gasteiger partial charge in [-0.1, -0.05) is 33.7 Å². The molecule has 6 heteroatoms. The number of ketones is 1. The van der Waals surface area contributed by atoms with E-state index in [4.69, 9.17) is 8.85 Å². The molecule has 0 radical (unpaired) electrons. The quantitative estimate of drug-likeness (QED) is 0.394. The first kappa shape index (κ1) is 23.1. The first-order valence-corrected chi connectivity index (χ1v) is 15.2. The summed E-state index contributed by atoms with van der Waals surface area (Å²) in [6, 6.07) is 0.969. The zero-order valence-corrected chi connectivity index (χ0v) is 23.5. The Hall–Kier alpha value is -0.850. The smallest absolute Gasteiger partial charge is 0.316 e. The van der Waals surface area contributed by atoms with Crippen LogP contribution in [0.2, 0.25) is 0 Å². The molecule has 36 heavy (non-hydrogen) atoms. The second kappa shape index (κ2) is 9.41. The molecule has 202 valence electrons. The van der Waals surface area contributed by atoms with Crippen LogP contribution in [0.1, 0.15) is 89.6 Å². The Bertz CT molecular complexity index is 1020. The van der Waals surface area contributed by atoms with Crippen LogP contribution in [0.15, 0.2) is 12.6 Å². The highest BCUT2D eigenvalue weighted by Gasteiger charge is 2.68. The molecule has 2 aliphatic heterocycles. The van der Waals surface area contributed by atoms with Crippen molar-refractivity contribution in [3.05, 3.63) is 12.6 Å². The van der Waals surface area contributed by atoms with Crippen LogP contribution in [0.3, 0.4) is 0 Å². The van der Waals surface area contributed by atoms with Crippen molar-refractivity contribution in [1.29, 1.82) is 0 Å². The van der Waals surface area contributed by atoms with Crippen molar-refractivity contribution in [2.24, 2.45) is 34.0 Å². The molecule has 0 spiro atoms. The molecule has 2 heterocycles. The molecule has 1 N–H and O–H groups in total. The Labute approximate surface area is 226 Å². The van der Waals surface area contributed by atoms with Crippen molar-refractivity contribution in [1.82, 2.24) is 4.90 Å². The largest absolute Gasteiger partial charge is 0.461 e. The zero-order valence-electron chi connectivity index (χ0n) is 25.7. The van der Waals surface area contributed by atoms with Gasteiger partial charge in [0.15, 0.2) is 0 Å². The van der Waals surface area contributed by atoms with Gasteiger partial charge in [0.1, 0.15) is 11.9 Å².